The third-order valence-corrected chi connectivity index (χ3v) is 3.30. The van der Waals surface area contributed by atoms with Crippen LogP contribution in [-0.2, 0) is 13.1 Å². The molecule has 0 aliphatic carbocycles. The van der Waals surface area contributed by atoms with Crippen molar-refractivity contribution in [1.82, 2.24) is 15.3 Å². The number of fused-ring (bicyclic) bond motifs is 1. The van der Waals surface area contributed by atoms with Gasteiger partial charge in [0.05, 0.1) is 11.4 Å². The Hall–Kier alpha value is -1.94. The van der Waals surface area contributed by atoms with E-state index >= 15 is 0 Å². The quantitative estimate of drug-likeness (QED) is 0.884. The van der Waals surface area contributed by atoms with E-state index < -0.39 is 0 Å². The summed E-state index contributed by atoms with van der Waals surface area (Å²) in [7, 11) is 0. The van der Waals surface area contributed by atoms with Crippen molar-refractivity contribution in [2.24, 2.45) is 0 Å². The van der Waals surface area contributed by atoms with Gasteiger partial charge in [-0.3, -0.25) is 0 Å². The van der Waals surface area contributed by atoms with Crippen molar-refractivity contribution in [2.45, 2.75) is 32.9 Å². The summed E-state index contributed by atoms with van der Waals surface area (Å²) in [6, 6.07) is 10.0. The minimum atomic E-state index is 0.410. The molecule has 98 valence electrons. The summed E-state index contributed by atoms with van der Waals surface area (Å²) in [5, 5.41) is 6.62. The van der Waals surface area contributed by atoms with Gasteiger partial charge in [-0.25, -0.2) is 9.97 Å². The minimum absolute atomic E-state index is 0.410. The average Bonchev–Trinajstić information content (AvgIpc) is 2.87. The molecule has 0 amide bonds. The van der Waals surface area contributed by atoms with Gasteiger partial charge in [-0.15, -0.1) is 0 Å². The van der Waals surface area contributed by atoms with Crippen molar-refractivity contribution in [3.8, 4) is 0 Å². The lowest BCUT2D eigenvalue weighted by Crippen LogP contribution is -2.07. The molecule has 1 aromatic carbocycles. The molecule has 0 saturated heterocycles. The van der Waals surface area contributed by atoms with Crippen LogP contribution in [0.15, 0.2) is 30.3 Å². The van der Waals surface area contributed by atoms with E-state index in [9.17, 15) is 0 Å². The molecular formula is C15H18N4. The summed E-state index contributed by atoms with van der Waals surface area (Å²) in [6.45, 7) is 6.07. The average molecular weight is 254 g/mol. The highest BCUT2D eigenvalue weighted by Crippen LogP contribution is 2.25. The second kappa shape index (κ2) is 4.97. The first-order valence-electron chi connectivity index (χ1n) is 6.66. The minimum Gasteiger partial charge on any atom is -0.324 e. The first-order chi connectivity index (χ1) is 9.24. The molecule has 0 unspecified atom stereocenters. The zero-order valence-electron chi connectivity index (χ0n) is 11.3. The Kier molecular flexibility index (Phi) is 3.17. The molecule has 2 heterocycles. The lowest BCUT2D eigenvalue weighted by Gasteiger charge is -2.13. The Balaban J connectivity index is 1.97. The standard InChI is InChI=1S/C15H18N4/c1-10(2)14-12-8-16-9-13(12)18-15(19-14)17-11-6-4-3-5-7-11/h3-7,10,16H,8-9H2,1-2H3,(H,17,18,19). The second-order valence-electron chi connectivity index (χ2n) is 5.11. The summed E-state index contributed by atoms with van der Waals surface area (Å²) < 4.78 is 0. The molecule has 3 rings (SSSR count). The van der Waals surface area contributed by atoms with E-state index in [1.807, 2.05) is 30.3 Å². The maximum Gasteiger partial charge on any atom is 0.227 e. The lowest BCUT2D eigenvalue weighted by molar-refractivity contribution is 0.746. The van der Waals surface area contributed by atoms with Crippen LogP contribution in [-0.4, -0.2) is 9.97 Å². The molecule has 0 radical (unpaired) electrons. The van der Waals surface area contributed by atoms with Gasteiger partial charge in [-0.1, -0.05) is 32.0 Å². The summed E-state index contributed by atoms with van der Waals surface area (Å²) >= 11 is 0. The molecule has 0 saturated carbocycles. The topological polar surface area (TPSA) is 49.8 Å². The molecule has 0 atom stereocenters. The van der Waals surface area contributed by atoms with Crippen LogP contribution in [0.25, 0.3) is 0 Å². The Labute approximate surface area is 113 Å². The lowest BCUT2D eigenvalue weighted by atomic mass is 10.0. The molecular weight excluding hydrogens is 236 g/mol. The Morgan fingerprint density at radius 3 is 2.63 bits per heavy atom. The zero-order chi connectivity index (χ0) is 13.2. The molecule has 2 aromatic rings. The number of rotatable bonds is 3. The number of hydrogen-bond donors (Lipinski definition) is 2. The zero-order valence-corrected chi connectivity index (χ0v) is 11.3. The molecule has 1 aromatic heterocycles. The smallest absolute Gasteiger partial charge is 0.227 e. The van der Waals surface area contributed by atoms with Gasteiger partial charge in [0.25, 0.3) is 0 Å². The number of aromatic nitrogens is 2. The number of nitrogens with one attached hydrogen (secondary N) is 2. The number of benzene rings is 1. The third kappa shape index (κ3) is 2.44. The van der Waals surface area contributed by atoms with E-state index in [4.69, 9.17) is 0 Å². The van der Waals surface area contributed by atoms with Crippen LogP contribution in [0.1, 0.15) is 36.7 Å². The van der Waals surface area contributed by atoms with E-state index in [-0.39, 0.29) is 0 Å². The molecule has 2 N–H and O–H groups in total. The van der Waals surface area contributed by atoms with Crippen LogP contribution in [0.5, 0.6) is 0 Å². The van der Waals surface area contributed by atoms with E-state index in [0.717, 1.165) is 30.2 Å². The van der Waals surface area contributed by atoms with Gasteiger partial charge in [0, 0.05) is 24.3 Å². The van der Waals surface area contributed by atoms with Crippen molar-refractivity contribution in [3.05, 3.63) is 47.3 Å². The molecule has 1 aliphatic rings. The van der Waals surface area contributed by atoms with Gasteiger partial charge in [0.2, 0.25) is 5.95 Å². The van der Waals surface area contributed by atoms with Crippen molar-refractivity contribution in [2.75, 3.05) is 5.32 Å². The molecule has 4 nitrogen and oxygen atoms in total. The predicted molar refractivity (Wildman–Crippen MR) is 76.4 cm³/mol. The second-order valence-corrected chi connectivity index (χ2v) is 5.11. The predicted octanol–water partition coefficient (Wildman–Crippen LogP) is 2.95. The maximum atomic E-state index is 4.68. The molecule has 0 spiro atoms. The number of hydrogen-bond acceptors (Lipinski definition) is 4. The van der Waals surface area contributed by atoms with Crippen molar-refractivity contribution in [3.63, 3.8) is 0 Å². The highest BCUT2D eigenvalue weighted by Gasteiger charge is 2.20. The highest BCUT2D eigenvalue weighted by molar-refractivity contribution is 5.53. The van der Waals surface area contributed by atoms with E-state index in [2.05, 4.69) is 34.4 Å². The Bertz CT molecular complexity index is 578. The van der Waals surface area contributed by atoms with Crippen LogP contribution < -0.4 is 10.6 Å². The summed E-state index contributed by atoms with van der Waals surface area (Å²) in [6.07, 6.45) is 0. The largest absolute Gasteiger partial charge is 0.324 e. The van der Waals surface area contributed by atoms with Crippen LogP contribution >= 0.6 is 0 Å². The summed E-state index contributed by atoms with van der Waals surface area (Å²) in [5.74, 6) is 1.10. The maximum absolute atomic E-state index is 4.68. The van der Waals surface area contributed by atoms with Gasteiger partial charge in [0.15, 0.2) is 0 Å². The normalized spacial score (nSPS) is 13.6. The van der Waals surface area contributed by atoms with Gasteiger partial charge in [0.1, 0.15) is 0 Å². The molecule has 0 fully saturated rings. The van der Waals surface area contributed by atoms with Crippen LogP contribution in [0.2, 0.25) is 0 Å². The number of para-hydroxylation sites is 1. The molecule has 0 bridgehead atoms. The van der Waals surface area contributed by atoms with E-state index in [1.165, 1.54) is 5.56 Å². The van der Waals surface area contributed by atoms with Crippen molar-refractivity contribution >= 4 is 11.6 Å². The summed E-state index contributed by atoms with van der Waals surface area (Å²) in [5.41, 5.74) is 4.56. The fourth-order valence-corrected chi connectivity index (χ4v) is 2.38. The first kappa shape index (κ1) is 12.1. The van der Waals surface area contributed by atoms with E-state index in [0.29, 0.717) is 11.9 Å². The number of nitrogens with zero attached hydrogens (tertiary/aromatic N) is 2. The fraction of sp³-hybridized carbons (Fsp3) is 0.333. The monoisotopic (exact) mass is 254 g/mol. The Morgan fingerprint density at radius 1 is 1.11 bits per heavy atom. The van der Waals surface area contributed by atoms with Gasteiger partial charge >= 0.3 is 0 Å². The molecule has 19 heavy (non-hydrogen) atoms. The first-order valence-corrected chi connectivity index (χ1v) is 6.66. The third-order valence-electron chi connectivity index (χ3n) is 3.30. The van der Waals surface area contributed by atoms with E-state index in [1.54, 1.807) is 0 Å². The fourth-order valence-electron chi connectivity index (χ4n) is 2.38. The van der Waals surface area contributed by atoms with Crippen molar-refractivity contribution < 1.29 is 0 Å². The van der Waals surface area contributed by atoms with Crippen molar-refractivity contribution in [1.29, 1.82) is 0 Å². The number of anilines is 2. The van der Waals surface area contributed by atoms with Crippen LogP contribution in [0.3, 0.4) is 0 Å². The molecule has 4 heteroatoms. The summed E-state index contributed by atoms with van der Waals surface area (Å²) in [4.78, 5) is 9.28. The SMILES string of the molecule is CC(C)c1nc(Nc2ccccc2)nc2c1CNC2. The highest BCUT2D eigenvalue weighted by atomic mass is 15.1. The van der Waals surface area contributed by atoms with Crippen LogP contribution in [0, 0.1) is 0 Å². The van der Waals surface area contributed by atoms with Gasteiger partial charge in [-0.05, 0) is 18.1 Å². The molecule has 1 aliphatic heterocycles. The van der Waals surface area contributed by atoms with Gasteiger partial charge < -0.3 is 10.6 Å². The van der Waals surface area contributed by atoms with Crippen LogP contribution in [0.4, 0.5) is 11.6 Å². The Morgan fingerprint density at radius 2 is 1.89 bits per heavy atom. The van der Waals surface area contributed by atoms with Gasteiger partial charge in [-0.2, -0.15) is 0 Å².